The Bertz CT molecular complexity index is 327. The summed E-state index contributed by atoms with van der Waals surface area (Å²) in [6.07, 6.45) is -0.274. The van der Waals surface area contributed by atoms with Crippen LogP contribution in [-0.2, 0) is 0 Å². The fourth-order valence-electron chi connectivity index (χ4n) is 1.17. The van der Waals surface area contributed by atoms with Gasteiger partial charge in [-0.2, -0.15) is 5.12 Å². The van der Waals surface area contributed by atoms with E-state index in [1.54, 1.807) is 12.1 Å². The molecule has 1 aromatic rings. The molecule has 0 unspecified atom stereocenters. The van der Waals surface area contributed by atoms with Gasteiger partial charge in [0.2, 0.25) is 0 Å². The molecule has 0 radical (unpaired) electrons. The second-order valence-electron chi connectivity index (χ2n) is 2.69. The molecule has 0 bridgehead atoms. The van der Waals surface area contributed by atoms with Crippen LogP contribution in [0.5, 0.6) is 0 Å². The number of anilines is 1. The summed E-state index contributed by atoms with van der Waals surface area (Å²) in [5.41, 5.74) is 3.31. The Morgan fingerprint density at radius 3 is 2.57 bits per heavy atom. The van der Waals surface area contributed by atoms with E-state index in [4.69, 9.17) is 10.2 Å². The van der Waals surface area contributed by atoms with Crippen LogP contribution in [0.25, 0.3) is 0 Å². The molecule has 0 spiro atoms. The number of nitrogens with zero attached hydrogens (tertiary/aromatic N) is 3. The van der Waals surface area contributed by atoms with Gasteiger partial charge < -0.3 is 10.2 Å². The monoisotopic (exact) mass is 194 g/mol. The van der Waals surface area contributed by atoms with Gasteiger partial charge in [-0.1, -0.05) is 23.3 Å². The van der Waals surface area contributed by atoms with E-state index in [9.17, 15) is 0 Å². The summed E-state index contributed by atoms with van der Waals surface area (Å²) in [7, 11) is 0. The second-order valence-corrected chi connectivity index (χ2v) is 2.69. The van der Waals surface area contributed by atoms with Crippen LogP contribution in [0.15, 0.2) is 35.4 Å². The van der Waals surface area contributed by atoms with Crippen LogP contribution in [0.1, 0.15) is 0 Å². The van der Waals surface area contributed by atoms with Crippen LogP contribution in [0.4, 0.5) is 5.69 Å². The number of hydrogen-bond donors (Lipinski definition) is 3. The number of aliphatic hydroxyl groups excluding tert-OH is 1. The topological polar surface area (TPSA) is 71.3 Å². The quantitative estimate of drug-likeness (QED) is 0.550. The van der Waals surface area contributed by atoms with Crippen molar-refractivity contribution in [3.8, 4) is 0 Å². The smallest absolute Gasteiger partial charge is 0.251 e. The summed E-state index contributed by atoms with van der Waals surface area (Å²) in [6.45, 7) is 0. The Labute approximate surface area is 80.6 Å². The first kappa shape index (κ1) is 8.95. The molecule has 0 atom stereocenters. The maximum absolute atomic E-state index is 8.98. The average Bonchev–Trinajstić information content (AvgIpc) is 2.67. The molecule has 0 amide bonds. The van der Waals surface area contributed by atoms with Gasteiger partial charge in [-0.05, 0) is 12.1 Å². The molecule has 1 aliphatic heterocycles. The van der Waals surface area contributed by atoms with Crippen molar-refractivity contribution in [1.29, 1.82) is 0 Å². The summed E-state index contributed by atoms with van der Waals surface area (Å²) in [5, 5.41) is 24.3. The standard InChI is InChI=1S/C8H10N4O2/c13-8(14)12-10-6-9-11(12)7-4-2-1-3-5-7/h1-6,8,13-14H,(H,9,10). The van der Waals surface area contributed by atoms with Crippen LogP contribution >= 0.6 is 0 Å². The lowest BCUT2D eigenvalue weighted by atomic mass is 10.3. The second kappa shape index (κ2) is 3.62. The number of aliphatic hydroxyl groups is 2. The molecule has 6 nitrogen and oxygen atoms in total. The summed E-state index contributed by atoms with van der Waals surface area (Å²) in [6, 6.07) is 9.16. The van der Waals surface area contributed by atoms with Crippen LogP contribution in [0.3, 0.4) is 0 Å². The molecule has 6 heteroatoms. The van der Waals surface area contributed by atoms with Crippen molar-refractivity contribution in [3.63, 3.8) is 0 Å². The average molecular weight is 194 g/mol. The van der Waals surface area contributed by atoms with Crippen molar-refractivity contribution in [2.24, 2.45) is 5.10 Å². The molecule has 14 heavy (non-hydrogen) atoms. The molecular formula is C8H10N4O2. The molecule has 3 N–H and O–H groups in total. The number of rotatable bonds is 2. The molecule has 0 saturated heterocycles. The van der Waals surface area contributed by atoms with E-state index in [0.717, 1.165) is 10.8 Å². The lowest BCUT2D eigenvalue weighted by Gasteiger charge is -2.26. The Kier molecular flexibility index (Phi) is 2.32. The minimum absolute atomic E-state index is 0.738. The van der Waals surface area contributed by atoms with Crippen molar-refractivity contribution in [2.45, 2.75) is 6.41 Å². The first-order valence-corrected chi connectivity index (χ1v) is 4.08. The van der Waals surface area contributed by atoms with Crippen LogP contribution in [0.2, 0.25) is 0 Å². The molecule has 74 valence electrons. The highest BCUT2D eigenvalue weighted by molar-refractivity contribution is 5.60. The van der Waals surface area contributed by atoms with Crippen LogP contribution in [-0.4, -0.2) is 28.1 Å². The molecule has 0 aromatic heterocycles. The SMILES string of the molecule is OC(O)N1NC=NN1c1ccccc1. The highest BCUT2D eigenvalue weighted by Gasteiger charge is 2.24. The zero-order valence-electron chi connectivity index (χ0n) is 7.28. The number of benzene rings is 1. The van der Waals surface area contributed by atoms with Gasteiger partial charge in [-0.15, -0.1) is 5.10 Å². The van der Waals surface area contributed by atoms with Gasteiger partial charge in [-0.25, -0.2) is 0 Å². The van der Waals surface area contributed by atoms with Gasteiger partial charge in [0.1, 0.15) is 6.34 Å². The number of para-hydroxylation sites is 1. The van der Waals surface area contributed by atoms with Crippen molar-refractivity contribution in [1.82, 2.24) is 10.5 Å². The third kappa shape index (κ3) is 1.53. The predicted molar refractivity (Wildman–Crippen MR) is 50.6 cm³/mol. The van der Waals surface area contributed by atoms with E-state index < -0.39 is 6.41 Å². The lowest BCUT2D eigenvalue weighted by molar-refractivity contribution is -0.167. The highest BCUT2D eigenvalue weighted by Crippen LogP contribution is 2.17. The van der Waals surface area contributed by atoms with Gasteiger partial charge in [-0.3, -0.25) is 5.43 Å². The largest absolute Gasteiger partial charge is 0.353 e. The molecule has 0 aliphatic carbocycles. The Balaban J connectivity index is 2.22. The highest BCUT2D eigenvalue weighted by atomic mass is 16.5. The van der Waals surface area contributed by atoms with Gasteiger partial charge in [0.15, 0.2) is 0 Å². The van der Waals surface area contributed by atoms with E-state index in [0.29, 0.717) is 0 Å². The first-order valence-electron chi connectivity index (χ1n) is 4.08. The van der Waals surface area contributed by atoms with Crippen molar-refractivity contribution in [2.75, 3.05) is 5.12 Å². The minimum Gasteiger partial charge on any atom is -0.353 e. The van der Waals surface area contributed by atoms with Crippen molar-refractivity contribution >= 4 is 12.0 Å². The fraction of sp³-hybridized carbons (Fsp3) is 0.125. The maximum atomic E-state index is 8.98. The zero-order valence-corrected chi connectivity index (χ0v) is 7.28. The van der Waals surface area contributed by atoms with Crippen molar-refractivity contribution in [3.05, 3.63) is 30.3 Å². The molecule has 1 aromatic carbocycles. The van der Waals surface area contributed by atoms with Crippen molar-refractivity contribution < 1.29 is 10.2 Å². The van der Waals surface area contributed by atoms with Gasteiger partial charge in [0, 0.05) is 0 Å². The minimum atomic E-state index is -1.64. The number of hydrogen-bond acceptors (Lipinski definition) is 6. The zero-order chi connectivity index (χ0) is 9.97. The number of hydrazine groups is 2. The Morgan fingerprint density at radius 2 is 1.93 bits per heavy atom. The van der Waals surface area contributed by atoms with Gasteiger partial charge in [0.05, 0.1) is 5.69 Å². The van der Waals surface area contributed by atoms with E-state index in [-0.39, 0.29) is 0 Å². The number of hydrazone groups is 1. The molecule has 1 heterocycles. The predicted octanol–water partition coefficient (Wildman–Crippen LogP) is -0.560. The molecule has 1 aliphatic rings. The third-order valence-corrected chi connectivity index (χ3v) is 1.77. The Hall–Kier alpha value is -1.63. The molecule has 2 rings (SSSR count). The van der Waals surface area contributed by atoms with E-state index in [1.165, 1.54) is 11.5 Å². The van der Waals surface area contributed by atoms with E-state index >= 15 is 0 Å². The summed E-state index contributed by atoms with van der Waals surface area (Å²) < 4.78 is 0. The molecular weight excluding hydrogens is 184 g/mol. The van der Waals surface area contributed by atoms with E-state index in [2.05, 4.69) is 10.5 Å². The summed E-state index contributed by atoms with van der Waals surface area (Å²) in [4.78, 5) is 0. The first-order chi connectivity index (χ1) is 6.79. The van der Waals surface area contributed by atoms with Crippen LogP contribution in [0, 0.1) is 0 Å². The van der Waals surface area contributed by atoms with Crippen LogP contribution < -0.4 is 10.5 Å². The maximum Gasteiger partial charge on any atom is 0.251 e. The lowest BCUT2D eigenvalue weighted by Crippen LogP contribution is -2.49. The normalized spacial score (nSPS) is 16.4. The number of nitrogens with one attached hydrogen (secondary N) is 1. The summed E-state index contributed by atoms with van der Waals surface area (Å²) in [5.74, 6) is 0. The van der Waals surface area contributed by atoms with E-state index in [1.807, 2.05) is 18.2 Å². The summed E-state index contributed by atoms with van der Waals surface area (Å²) >= 11 is 0. The van der Waals surface area contributed by atoms with Gasteiger partial charge in [0.25, 0.3) is 6.41 Å². The van der Waals surface area contributed by atoms with Gasteiger partial charge >= 0.3 is 0 Å². The third-order valence-electron chi connectivity index (χ3n) is 1.77. The Morgan fingerprint density at radius 1 is 1.21 bits per heavy atom. The fourth-order valence-corrected chi connectivity index (χ4v) is 1.17. The molecule has 0 saturated carbocycles. The molecule has 0 fully saturated rings.